The van der Waals surface area contributed by atoms with Gasteiger partial charge in [0, 0.05) is 12.8 Å². The lowest BCUT2D eigenvalue weighted by Crippen LogP contribution is -2.02. The molecule has 0 heterocycles. The van der Waals surface area contributed by atoms with Crippen LogP contribution in [0.1, 0.15) is 128 Å². The molecule has 0 N–H and O–H groups in total. The van der Waals surface area contributed by atoms with E-state index in [2.05, 4.69) is 6.92 Å². The minimum Gasteiger partial charge on any atom is -0.299 e. The van der Waals surface area contributed by atoms with Crippen LogP contribution in [0, 0.1) is 0 Å². The van der Waals surface area contributed by atoms with Crippen molar-refractivity contribution in [1.82, 2.24) is 0 Å². The van der Waals surface area contributed by atoms with Crippen LogP contribution in [0.5, 0.6) is 0 Å². The fourth-order valence-corrected chi connectivity index (χ4v) is 3.96. The topological polar surface area (TPSA) is 17.1 Å². The number of hydrogen-bond donors (Lipinski definition) is 0. The maximum absolute atomic E-state index is 12.0. The van der Waals surface area contributed by atoms with Gasteiger partial charge >= 0.3 is 0 Å². The number of Topliss-reactive ketones (excluding diaryl/α,β-unsaturated/α-hetero) is 1. The fraction of sp³-hybridized carbons (Fsp3) is 0.741. The van der Waals surface area contributed by atoms with Gasteiger partial charge in [-0.1, -0.05) is 140 Å². The molecular formula is C27H46O. The Labute approximate surface area is 175 Å². The molecule has 0 atom stereocenters. The zero-order chi connectivity index (χ0) is 20.1. The van der Waals surface area contributed by atoms with E-state index in [1.54, 1.807) is 0 Å². The smallest absolute Gasteiger partial charge is 0.137 e. The lowest BCUT2D eigenvalue weighted by atomic mass is 10.0. The average molecular weight is 387 g/mol. The van der Waals surface area contributed by atoms with E-state index in [1.807, 2.05) is 30.3 Å². The molecule has 0 aliphatic rings. The van der Waals surface area contributed by atoms with Crippen molar-refractivity contribution >= 4 is 5.78 Å². The molecule has 160 valence electrons. The number of benzene rings is 1. The van der Waals surface area contributed by atoms with Crippen molar-refractivity contribution in [3.05, 3.63) is 35.9 Å². The molecule has 1 nitrogen and oxygen atoms in total. The molecule has 0 spiro atoms. The summed E-state index contributed by atoms with van der Waals surface area (Å²) in [6.45, 7) is 2.29. The van der Waals surface area contributed by atoms with Crippen molar-refractivity contribution < 1.29 is 4.79 Å². The second kappa shape index (κ2) is 19.2. The van der Waals surface area contributed by atoms with Crippen molar-refractivity contribution in [2.24, 2.45) is 0 Å². The Morgan fingerprint density at radius 2 is 0.964 bits per heavy atom. The largest absolute Gasteiger partial charge is 0.299 e. The van der Waals surface area contributed by atoms with Crippen molar-refractivity contribution in [2.75, 3.05) is 0 Å². The molecule has 1 rings (SSSR count). The quantitative estimate of drug-likeness (QED) is 0.204. The van der Waals surface area contributed by atoms with Crippen molar-refractivity contribution in [1.29, 1.82) is 0 Å². The Balaban J connectivity index is 1.74. The van der Waals surface area contributed by atoms with Gasteiger partial charge in [-0.15, -0.1) is 0 Å². The second-order valence-electron chi connectivity index (χ2n) is 8.61. The van der Waals surface area contributed by atoms with Crippen LogP contribution in [0.15, 0.2) is 30.3 Å². The van der Waals surface area contributed by atoms with E-state index in [-0.39, 0.29) is 0 Å². The summed E-state index contributed by atoms with van der Waals surface area (Å²) in [5.74, 6) is 0.396. The van der Waals surface area contributed by atoms with Gasteiger partial charge in [0.1, 0.15) is 5.78 Å². The lowest BCUT2D eigenvalue weighted by molar-refractivity contribution is -0.118. The summed E-state index contributed by atoms with van der Waals surface area (Å²) in [7, 11) is 0. The van der Waals surface area contributed by atoms with E-state index in [0.717, 1.165) is 18.4 Å². The number of rotatable bonds is 20. The summed E-state index contributed by atoms with van der Waals surface area (Å²) in [5.41, 5.74) is 1.15. The number of carbonyl (C=O) groups is 1. The standard InChI is InChI=1S/C27H46O/c1-2-3-4-5-6-7-8-9-10-11-12-13-14-15-16-17-21-24-27(28)25-26-22-19-18-20-23-26/h18-20,22-23H,2-17,21,24-25H2,1H3. The van der Waals surface area contributed by atoms with Gasteiger partial charge in [0.25, 0.3) is 0 Å². The third-order valence-electron chi connectivity index (χ3n) is 5.80. The minimum atomic E-state index is 0.396. The fourth-order valence-electron chi connectivity index (χ4n) is 3.96. The van der Waals surface area contributed by atoms with Crippen LogP contribution in [-0.2, 0) is 11.2 Å². The molecular weight excluding hydrogens is 340 g/mol. The SMILES string of the molecule is CCCCCCCCCCCCCCCCCCCC(=O)Cc1ccccc1. The Kier molecular flexibility index (Phi) is 17.1. The molecule has 0 amide bonds. The number of unbranched alkanes of at least 4 members (excludes halogenated alkanes) is 16. The maximum atomic E-state index is 12.0. The van der Waals surface area contributed by atoms with Crippen LogP contribution in [0.2, 0.25) is 0 Å². The molecule has 0 saturated carbocycles. The summed E-state index contributed by atoms with van der Waals surface area (Å²) in [6, 6.07) is 10.1. The Morgan fingerprint density at radius 1 is 0.571 bits per heavy atom. The molecule has 0 bridgehead atoms. The molecule has 0 aliphatic heterocycles. The number of carbonyl (C=O) groups excluding carboxylic acids is 1. The Morgan fingerprint density at radius 3 is 1.39 bits per heavy atom. The van der Waals surface area contributed by atoms with E-state index in [0.29, 0.717) is 12.2 Å². The molecule has 0 unspecified atom stereocenters. The summed E-state index contributed by atoms with van der Waals surface area (Å²) in [6.07, 6.45) is 24.9. The Hall–Kier alpha value is -1.11. The second-order valence-corrected chi connectivity index (χ2v) is 8.61. The first kappa shape index (κ1) is 24.9. The lowest BCUT2D eigenvalue weighted by Gasteiger charge is -2.04. The number of ketones is 1. The number of hydrogen-bond acceptors (Lipinski definition) is 1. The highest BCUT2D eigenvalue weighted by Gasteiger charge is 2.03. The van der Waals surface area contributed by atoms with E-state index in [1.165, 1.54) is 103 Å². The van der Waals surface area contributed by atoms with Crippen LogP contribution in [0.25, 0.3) is 0 Å². The molecule has 0 saturated heterocycles. The van der Waals surface area contributed by atoms with E-state index < -0.39 is 0 Å². The highest BCUT2D eigenvalue weighted by atomic mass is 16.1. The van der Waals surface area contributed by atoms with Gasteiger partial charge in [-0.25, -0.2) is 0 Å². The Bertz CT molecular complexity index is 451. The van der Waals surface area contributed by atoms with Gasteiger partial charge < -0.3 is 0 Å². The molecule has 1 aromatic rings. The van der Waals surface area contributed by atoms with Gasteiger partial charge in [0.05, 0.1) is 0 Å². The van der Waals surface area contributed by atoms with Crippen molar-refractivity contribution in [3.63, 3.8) is 0 Å². The molecule has 0 aliphatic carbocycles. The van der Waals surface area contributed by atoms with Gasteiger partial charge in [0.15, 0.2) is 0 Å². The summed E-state index contributed by atoms with van der Waals surface area (Å²) >= 11 is 0. The van der Waals surface area contributed by atoms with E-state index >= 15 is 0 Å². The highest BCUT2D eigenvalue weighted by Crippen LogP contribution is 2.14. The predicted molar refractivity (Wildman–Crippen MR) is 124 cm³/mol. The van der Waals surface area contributed by atoms with Crippen LogP contribution in [0.3, 0.4) is 0 Å². The summed E-state index contributed by atoms with van der Waals surface area (Å²) in [5, 5.41) is 0. The summed E-state index contributed by atoms with van der Waals surface area (Å²) < 4.78 is 0. The molecule has 0 aromatic heterocycles. The highest BCUT2D eigenvalue weighted by molar-refractivity contribution is 5.80. The zero-order valence-corrected chi connectivity index (χ0v) is 18.7. The first-order valence-corrected chi connectivity index (χ1v) is 12.4. The molecule has 0 fully saturated rings. The first-order valence-electron chi connectivity index (χ1n) is 12.4. The minimum absolute atomic E-state index is 0.396. The molecule has 1 aromatic carbocycles. The van der Waals surface area contributed by atoms with Crippen LogP contribution in [0.4, 0.5) is 0 Å². The molecule has 1 heteroatoms. The molecule has 28 heavy (non-hydrogen) atoms. The van der Waals surface area contributed by atoms with E-state index in [9.17, 15) is 4.79 Å². The zero-order valence-electron chi connectivity index (χ0n) is 18.7. The van der Waals surface area contributed by atoms with Gasteiger partial charge in [-0.05, 0) is 12.0 Å². The van der Waals surface area contributed by atoms with Gasteiger partial charge in [-0.3, -0.25) is 4.79 Å². The van der Waals surface area contributed by atoms with Crippen molar-refractivity contribution in [2.45, 2.75) is 129 Å². The maximum Gasteiger partial charge on any atom is 0.137 e. The van der Waals surface area contributed by atoms with Crippen LogP contribution in [-0.4, -0.2) is 5.78 Å². The third-order valence-corrected chi connectivity index (χ3v) is 5.80. The van der Waals surface area contributed by atoms with Gasteiger partial charge in [-0.2, -0.15) is 0 Å². The normalized spacial score (nSPS) is 11.0. The predicted octanol–water partition coefficient (Wildman–Crippen LogP) is 8.84. The first-order chi connectivity index (χ1) is 13.8. The monoisotopic (exact) mass is 386 g/mol. The van der Waals surface area contributed by atoms with Crippen molar-refractivity contribution in [3.8, 4) is 0 Å². The van der Waals surface area contributed by atoms with Gasteiger partial charge in [0.2, 0.25) is 0 Å². The third kappa shape index (κ3) is 15.9. The van der Waals surface area contributed by atoms with Crippen LogP contribution >= 0.6 is 0 Å². The van der Waals surface area contributed by atoms with E-state index in [4.69, 9.17) is 0 Å². The summed E-state index contributed by atoms with van der Waals surface area (Å²) in [4.78, 5) is 12.0. The molecule has 0 radical (unpaired) electrons. The van der Waals surface area contributed by atoms with Crippen LogP contribution < -0.4 is 0 Å². The average Bonchev–Trinajstić information content (AvgIpc) is 2.71.